The number of nitrogens with one attached hydrogen (secondary N) is 1. The molecular formula is C14H10ClIN4O4S. The van der Waals surface area contributed by atoms with E-state index in [0.717, 1.165) is 11.3 Å². The third-order valence-electron chi connectivity index (χ3n) is 3.16. The molecule has 25 heavy (non-hydrogen) atoms. The molecule has 0 bridgehead atoms. The Morgan fingerprint density at radius 1 is 1.48 bits per heavy atom. The number of aromatic nitrogens is 3. The van der Waals surface area contributed by atoms with Crippen molar-refractivity contribution in [1.82, 2.24) is 14.8 Å². The Kier molecular flexibility index (Phi) is 5.11. The fourth-order valence-electron chi connectivity index (χ4n) is 2.03. The van der Waals surface area contributed by atoms with Crippen LogP contribution >= 0.6 is 45.5 Å². The van der Waals surface area contributed by atoms with Crippen LogP contribution < -0.4 is 15.7 Å². The van der Waals surface area contributed by atoms with Crippen molar-refractivity contribution in [3.63, 3.8) is 0 Å². The number of methoxy groups -OCH3 is 1. The van der Waals surface area contributed by atoms with E-state index in [1.54, 1.807) is 16.8 Å². The number of carbonyl (C=O) groups excluding carboxylic acids is 1. The molecule has 0 aliphatic rings. The topological polar surface area (TPSA) is 99.2 Å². The third-order valence-corrected chi connectivity index (χ3v) is 5.11. The molecule has 8 nitrogen and oxygen atoms in total. The molecule has 0 saturated carbocycles. The fraction of sp³-hybridized carbons (Fsp3) is 0.143. The van der Waals surface area contributed by atoms with Gasteiger partial charge in [0.25, 0.3) is 5.91 Å². The molecule has 3 aromatic rings. The molecule has 0 aliphatic heterocycles. The van der Waals surface area contributed by atoms with E-state index in [4.69, 9.17) is 20.8 Å². The molecule has 0 radical (unpaired) electrons. The molecule has 0 saturated heterocycles. The summed E-state index contributed by atoms with van der Waals surface area (Å²) in [5.41, 5.74) is -0.0294. The van der Waals surface area contributed by atoms with Crippen molar-refractivity contribution in [3.8, 4) is 16.5 Å². The maximum atomic E-state index is 12.3. The summed E-state index contributed by atoms with van der Waals surface area (Å²) in [6, 6.07) is 3.15. The normalized spacial score (nSPS) is 10.7. The lowest BCUT2D eigenvalue weighted by Gasteiger charge is -2.04. The Bertz CT molecular complexity index is 993. The van der Waals surface area contributed by atoms with Gasteiger partial charge in [0.2, 0.25) is 10.9 Å². The van der Waals surface area contributed by atoms with Gasteiger partial charge < -0.3 is 13.7 Å². The molecule has 11 heteroatoms. The zero-order valence-corrected chi connectivity index (χ0v) is 16.6. The van der Waals surface area contributed by atoms with Crippen molar-refractivity contribution >= 4 is 56.6 Å². The Morgan fingerprint density at radius 2 is 2.24 bits per heavy atom. The Balaban J connectivity index is 1.84. The van der Waals surface area contributed by atoms with Gasteiger partial charge in [0, 0.05) is 19.3 Å². The Morgan fingerprint density at radius 3 is 2.84 bits per heavy atom. The van der Waals surface area contributed by atoms with Crippen LogP contribution in [0.2, 0.25) is 5.02 Å². The van der Waals surface area contributed by atoms with Crippen LogP contribution in [0.4, 0.5) is 5.13 Å². The zero-order chi connectivity index (χ0) is 18.1. The molecule has 3 rings (SSSR count). The molecule has 1 N–H and O–H groups in total. The third kappa shape index (κ3) is 3.55. The van der Waals surface area contributed by atoms with Gasteiger partial charge >= 0.3 is 5.63 Å². The van der Waals surface area contributed by atoms with Gasteiger partial charge in [-0.25, -0.2) is 4.79 Å². The van der Waals surface area contributed by atoms with Gasteiger partial charge in [-0.05, 0) is 28.7 Å². The summed E-state index contributed by atoms with van der Waals surface area (Å²) in [4.78, 5) is 24.0. The lowest BCUT2D eigenvalue weighted by Crippen LogP contribution is -2.16. The van der Waals surface area contributed by atoms with E-state index in [1.165, 1.54) is 13.2 Å². The first-order valence-electron chi connectivity index (χ1n) is 6.74. The predicted octanol–water partition coefficient (Wildman–Crippen LogP) is 3.02. The number of amides is 1. The number of anilines is 1. The molecule has 0 aliphatic carbocycles. The lowest BCUT2D eigenvalue weighted by atomic mass is 10.3. The number of rotatable bonds is 4. The average Bonchev–Trinajstić information content (AvgIpc) is 3.13. The highest BCUT2D eigenvalue weighted by atomic mass is 127. The minimum atomic E-state index is -0.729. The highest BCUT2D eigenvalue weighted by molar-refractivity contribution is 14.1. The van der Waals surface area contributed by atoms with Crippen LogP contribution in [0, 0.1) is 3.57 Å². The van der Waals surface area contributed by atoms with Crippen LogP contribution in [0.3, 0.4) is 0 Å². The minimum Gasteiger partial charge on any atom is -0.489 e. The van der Waals surface area contributed by atoms with Crippen LogP contribution in [0.5, 0.6) is 5.75 Å². The van der Waals surface area contributed by atoms with Crippen molar-refractivity contribution in [1.29, 1.82) is 0 Å². The monoisotopic (exact) mass is 492 g/mol. The van der Waals surface area contributed by atoms with Gasteiger partial charge in [0.1, 0.15) is 0 Å². The van der Waals surface area contributed by atoms with E-state index in [-0.39, 0.29) is 16.6 Å². The largest absolute Gasteiger partial charge is 0.489 e. The molecule has 0 aromatic carbocycles. The summed E-state index contributed by atoms with van der Waals surface area (Å²) < 4.78 is 12.2. The van der Waals surface area contributed by atoms with Crippen molar-refractivity contribution in [3.05, 3.63) is 43.1 Å². The van der Waals surface area contributed by atoms with Crippen LogP contribution in [-0.4, -0.2) is 27.8 Å². The van der Waals surface area contributed by atoms with E-state index in [0.29, 0.717) is 19.3 Å². The van der Waals surface area contributed by atoms with E-state index < -0.39 is 11.5 Å². The molecule has 0 atom stereocenters. The quantitative estimate of drug-likeness (QED) is 0.562. The summed E-state index contributed by atoms with van der Waals surface area (Å²) >= 11 is 9.16. The summed E-state index contributed by atoms with van der Waals surface area (Å²) in [7, 11) is 3.18. The molecule has 1 amide bonds. The van der Waals surface area contributed by atoms with E-state index >= 15 is 0 Å². The van der Waals surface area contributed by atoms with Gasteiger partial charge in [-0.1, -0.05) is 22.9 Å². The van der Waals surface area contributed by atoms with E-state index in [1.807, 2.05) is 29.6 Å². The van der Waals surface area contributed by atoms with Crippen molar-refractivity contribution < 1.29 is 13.9 Å². The van der Waals surface area contributed by atoms with Crippen molar-refractivity contribution in [2.75, 3.05) is 12.4 Å². The summed E-state index contributed by atoms with van der Waals surface area (Å²) in [6.07, 6.45) is 1.80. The van der Waals surface area contributed by atoms with Crippen LogP contribution in [-0.2, 0) is 7.05 Å². The van der Waals surface area contributed by atoms with E-state index in [9.17, 15) is 9.59 Å². The van der Waals surface area contributed by atoms with Gasteiger partial charge in [-0.15, -0.1) is 10.2 Å². The standard InChI is InChI=1S/C14H10ClIN4O4S/c1-20-4-3-6(15)9(20)12-18-19-14(25-12)17-11(21)8-5-7(16)10(23-2)13(22)24-8/h3-5H,1-2H3,(H,17,19,21). The number of carbonyl (C=O) groups is 1. The Hall–Kier alpha value is -1.92. The number of hydrogen-bond donors (Lipinski definition) is 1. The van der Waals surface area contributed by atoms with Gasteiger partial charge in [0.15, 0.2) is 10.8 Å². The second-order valence-corrected chi connectivity index (χ2v) is 7.32. The summed E-state index contributed by atoms with van der Waals surface area (Å²) in [6.45, 7) is 0. The van der Waals surface area contributed by atoms with Gasteiger partial charge in [-0.3, -0.25) is 10.1 Å². The van der Waals surface area contributed by atoms with Crippen molar-refractivity contribution in [2.24, 2.45) is 7.05 Å². The average molecular weight is 493 g/mol. The Labute approximate surface area is 163 Å². The van der Waals surface area contributed by atoms with Crippen molar-refractivity contribution in [2.45, 2.75) is 0 Å². The SMILES string of the molecule is COc1c(I)cc(C(=O)Nc2nnc(-c3c(Cl)ccn3C)s2)oc1=O. The van der Waals surface area contributed by atoms with E-state index in [2.05, 4.69) is 15.5 Å². The number of ether oxygens (including phenoxy) is 1. The summed E-state index contributed by atoms with van der Waals surface area (Å²) in [5.74, 6) is -0.712. The first kappa shape index (κ1) is 17.9. The predicted molar refractivity (Wildman–Crippen MR) is 102 cm³/mol. The molecular weight excluding hydrogens is 483 g/mol. The molecule has 3 aromatic heterocycles. The molecule has 130 valence electrons. The molecule has 0 unspecified atom stereocenters. The maximum Gasteiger partial charge on any atom is 0.380 e. The fourth-order valence-corrected chi connectivity index (χ4v) is 3.93. The highest BCUT2D eigenvalue weighted by Crippen LogP contribution is 2.32. The van der Waals surface area contributed by atoms with Crippen LogP contribution in [0.25, 0.3) is 10.7 Å². The number of aryl methyl sites for hydroxylation is 1. The second kappa shape index (κ2) is 7.14. The van der Waals surface area contributed by atoms with Crippen LogP contribution in [0.1, 0.15) is 10.6 Å². The van der Waals surface area contributed by atoms with Crippen LogP contribution in [0.15, 0.2) is 27.5 Å². The molecule has 0 fully saturated rings. The summed E-state index contributed by atoms with van der Waals surface area (Å²) in [5, 5.41) is 11.8. The number of halogens is 2. The smallest absolute Gasteiger partial charge is 0.380 e. The zero-order valence-electron chi connectivity index (χ0n) is 12.9. The molecule has 0 spiro atoms. The number of hydrogen-bond acceptors (Lipinski definition) is 7. The second-order valence-electron chi connectivity index (χ2n) is 4.77. The molecule has 3 heterocycles. The lowest BCUT2D eigenvalue weighted by molar-refractivity contribution is 0.0991. The minimum absolute atomic E-state index is 0.0497. The number of nitrogens with zero attached hydrogens (tertiary/aromatic N) is 3. The first-order valence-corrected chi connectivity index (χ1v) is 9.01. The van der Waals surface area contributed by atoms with Gasteiger partial charge in [0.05, 0.1) is 21.4 Å². The van der Waals surface area contributed by atoms with Gasteiger partial charge in [-0.2, -0.15) is 0 Å². The first-order chi connectivity index (χ1) is 11.9. The maximum absolute atomic E-state index is 12.3. The highest BCUT2D eigenvalue weighted by Gasteiger charge is 2.19.